The molecule has 0 unspecified atom stereocenters. The van der Waals surface area contributed by atoms with Crippen molar-refractivity contribution in [2.45, 2.75) is 12.5 Å². The van der Waals surface area contributed by atoms with Crippen LogP contribution < -0.4 is 15.2 Å². The zero-order chi connectivity index (χ0) is 10.1. The maximum Gasteiger partial charge on any atom is 0.165 e. The average Bonchev–Trinajstić information content (AvgIpc) is 2.19. The number of methoxy groups -OCH3 is 1. The summed E-state index contributed by atoms with van der Waals surface area (Å²) < 4.78 is 23.5. The largest absolute Gasteiger partial charge is 0.494 e. The molecule has 1 heterocycles. The lowest BCUT2D eigenvalue weighted by Crippen LogP contribution is -2.20. The van der Waals surface area contributed by atoms with Crippen LogP contribution in [-0.4, -0.2) is 13.7 Å². The number of rotatable bonds is 1. The van der Waals surface area contributed by atoms with Gasteiger partial charge in [0.05, 0.1) is 13.7 Å². The Labute approximate surface area is 81.6 Å². The fraction of sp³-hybridized carbons (Fsp3) is 0.400. The molecule has 14 heavy (non-hydrogen) atoms. The lowest BCUT2D eigenvalue weighted by Gasteiger charge is -2.23. The summed E-state index contributed by atoms with van der Waals surface area (Å²) in [6.45, 7) is 0.572. The monoisotopic (exact) mass is 197 g/mol. The Morgan fingerprint density at radius 1 is 1.57 bits per heavy atom. The van der Waals surface area contributed by atoms with E-state index in [1.54, 1.807) is 6.07 Å². The Balaban J connectivity index is 2.48. The van der Waals surface area contributed by atoms with Crippen molar-refractivity contribution in [2.24, 2.45) is 5.73 Å². The molecule has 2 N–H and O–H groups in total. The molecular formula is C10H12FNO2. The van der Waals surface area contributed by atoms with Gasteiger partial charge in [0, 0.05) is 24.1 Å². The van der Waals surface area contributed by atoms with Gasteiger partial charge in [-0.05, 0) is 6.07 Å². The minimum Gasteiger partial charge on any atom is -0.494 e. The first-order chi connectivity index (χ1) is 6.72. The molecule has 4 heteroatoms. The summed E-state index contributed by atoms with van der Waals surface area (Å²) in [5, 5.41) is 0. The Morgan fingerprint density at radius 3 is 3.07 bits per heavy atom. The zero-order valence-electron chi connectivity index (χ0n) is 7.92. The summed E-state index contributed by atoms with van der Waals surface area (Å²) in [4.78, 5) is 0. The van der Waals surface area contributed by atoms with Gasteiger partial charge in [0.15, 0.2) is 11.6 Å². The second-order valence-electron chi connectivity index (χ2n) is 3.27. The molecule has 0 saturated heterocycles. The summed E-state index contributed by atoms with van der Waals surface area (Å²) in [5.41, 5.74) is 6.54. The van der Waals surface area contributed by atoms with Crippen LogP contribution in [0.4, 0.5) is 4.39 Å². The van der Waals surface area contributed by atoms with Crippen LogP contribution in [0, 0.1) is 5.82 Å². The predicted molar refractivity (Wildman–Crippen MR) is 50.0 cm³/mol. The maximum absolute atomic E-state index is 13.3. The van der Waals surface area contributed by atoms with Crippen LogP contribution in [0.5, 0.6) is 11.5 Å². The Morgan fingerprint density at radius 2 is 2.36 bits per heavy atom. The van der Waals surface area contributed by atoms with E-state index < -0.39 is 5.82 Å². The summed E-state index contributed by atoms with van der Waals surface area (Å²) in [6, 6.07) is 2.79. The van der Waals surface area contributed by atoms with Crippen LogP contribution in [0.2, 0.25) is 0 Å². The molecule has 1 aliphatic heterocycles. The molecule has 0 aliphatic carbocycles. The first-order valence-electron chi connectivity index (χ1n) is 4.48. The van der Waals surface area contributed by atoms with Crippen molar-refractivity contribution in [2.75, 3.05) is 13.7 Å². The number of hydrogen-bond donors (Lipinski definition) is 1. The van der Waals surface area contributed by atoms with E-state index in [2.05, 4.69) is 0 Å². The molecule has 0 amide bonds. The lowest BCUT2D eigenvalue weighted by molar-refractivity contribution is 0.265. The normalized spacial score (nSPS) is 19.8. The Kier molecular flexibility index (Phi) is 2.29. The van der Waals surface area contributed by atoms with E-state index >= 15 is 0 Å². The molecule has 1 aliphatic rings. The molecule has 2 rings (SSSR count). The van der Waals surface area contributed by atoms with Crippen molar-refractivity contribution in [1.82, 2.24) is 0 Å². The standard InChI is InChI=1S/C10H12FNO2/c1-13-10-5-9-6(4-7(10)11)8(12)2-3-14-9/h4-5,8H,2-3,12H2,1H3/t8-/m0/s1. The molecule has 0 saturated carbocycles. The highest BCUT2D eigenvalue weighted by molar-refractivity contribution is 5.44. The number of benzene rings is 1. The summed E-state index contributed by atoms with van der Waals surface area (Å²) >= 11 is 0. The number of nitrogens with two attached hydrogens (primary N) is 1. The van der Waals surface area contributed by atoms with Gasteiger partial charge < -0.3 is 15.2 Å². The van der Waals surface area contributed by atoms with Crippen molar-refractivity contribution >= 4 is 0 Å². The third-order valence-electron chi connectivity index (χ3n) is 2.37. The van der Waals surface area contributed by atoms with Crippen LogP contribution in [-0.2, 0) is 0 Å². The molecule has 0 radical (unpaired) electrons. The second kappa shape index (κ2) is 3.46. The van der Waals surface area contributed by atoms with Crippen molar-refractivity contribution in [1.29, 1.82) is 0 Å². The zero-order valence-corrected chi connectivity index (χ0v) is 7.92. The van der Waals surface area contributed by atoms with Gasteiger partial charge in [-0.2, -0.15) is 0 Å². The van der Waals surface area contributed by atoms with Gasteiger partial charge in [0.2, 0.25) is 0 Å². The minimum atomic E-state index is -0.396. The second-order valence-corrected chi connectivity index (χ2v) is 3.27. The van der Waals surface area contributed by atoms with Gasteiger partial charge in [-0.1, -0.05) is 0 Å². The molecule has 0 fully saturated rings. The molecular weight excluding hydrogens is 185 g/mol. The van der Waals surface area contributed by atoms with Crippen molar-refractivity contribution in [3.8, 4) is 11.5 Å². The molecule has 1 aromatic carbocycles. The van der Waals surface area contributed by atoms with E-state index in [4.69, 9.17) is 15.2 Å². The first-order valence-corrected chi connectivity index (χ1v) is 4.48. The quantitative estimate of drug-likeness (QED) is 0.744. The van der Waals surface area contributed by atoms with Gasteiger partial charge in [0.25, 0.3) is 0 Å². The highest BCUT2D eigenvalue weighted by Crippen LogP contribution is 2.35. The van der Waals surface area contributed by atoms with Crippen LogP contribution in [0.3, 0.4) is 0 Å². The third-order valence-corrected chi connectivity index (χ3v) is 2.37. The fourth-order valence-electron chi connectivity index (χ4n) is 1.57. The lowest BCUT2D eigenvalue weighted by atomic mass is 10.0. The third kappa shape index (κ3) is 1.42. The van der Waals surface area contributed by atoms with Crippen molar-refractivity contribution in [3.05, 3.63) is 23.5 Å². The number of halogens is 1. The molecule has 0 bridgehead atoms. The van der Waals surface area contributed by atoms with Crippen molar-refractivity contribution < 1.29 is 13.9 Å². The summed E-state index contributed by atoms with van der Waals surface area (Å²) in [7, 11) is 1.42. The minimum absolute atomic E-state index is 0.140. The van der Waals surface area contributed by atoms with E-state index in [0.717, 1.165) is 12.0 Å². The highest BCUT2D eigenvalue weighted by atomic mass is 19.1. The molecule has 1 atom stereocenters. The molecule has 0 aromatic heterocycles. The van der Waals surface area contributed by atoms with Gasteiger partial charge in [0.1, 0.15) is 5.75 Å². The smallest absolute Gasteiger partial charge is 0.165 e. The molecule has 1 aromatic rings. The van der Waals surface area contributed by atoms with Gasteiger partial charge in [-0.15, -0.1) is 0 Å². The van der Waals surface area contributed by atoms with E-state index in [9.17, 15) is 4.39 Å². The van der Waals surface area contributed by atoms with Crippen molar-refractivity contribution in [3.63, 3.8) is 0 Å². The Hall–Kier alpha value is -1.29. The van der Waals surface area contributed by atoms with Gasteiger partial charge in [-0.3, -0.25) is 0 Å². The van der Waals surface area contributed by atoms with E-state index in [0.29, 0.717) is 12.4 Å². The predicted octanol–water partition coefficient (Wildman–Crippen LogP) is 1.62. The van der Waals surface area contributed by atoms with E-state index in [-0.39, 0.29) is 11.8 Å². The van der Waals surface area contributed by atoms with E-state index in [1.807, 2.05) is 0 Å². The Bertz CT molecular complexity index is 354. The molecule has 76 valence electrons. The van der Waals surface area contributed by atoms with E-state index in [1.165, 1.54) is 13.2 Å². The summed E-state index contributed by atoms with van der Waals surface area (Å²) in [6.07, 6.45) is 0.721. The first kappa shape index (κ1) is 9.27. The molecule has 3 nitrogen and oxygen atoms in total. The SMILES string of the molecule is COc1cc2c(cc1F)[C@@H](N)CCO2. The maximum atomic E-state index is 13.3. The van der Waals surface area contributed by atoms with Crippen LogP contribution >= 0.6 is 0 Å². The van der Waals surface area contributed by atoms with Gasteiger partial charge in [-0.25, -0.2) is 4.39 Å². The number of fused-ring (bicyclic) bond motifs is 1. The topological polar surface area (TPSA) is 44.5 Å². The number of ether oxygens (including phenoxy) is 2. The van der Waals surface area contributed by atoms with Gasteiger partial charge >= 0.3 is 0 Å². The molecule has 0 spiro atoms. The van der Waals surface area contributed by atoms with Crippen LogP contribution in [0.1, 0.15) is 18.0 Å². The average molecular weight is 197 g/mol. The van der Waals surface area contributed by atoms with Crippen LogP contribution in [0.15, 0.2) is 12.1 Å². The summed E-state index contributed by atoms with van der Waals surface area (Å²) in [5.74, 6) is 0.423. The number of hydrogen-bond acceptors (Lipinski definition) is 3. The fourth-order valence-corrected chi connectivity index (χ4v) is 1.57. The van der Waals surface area contributed by atoms with Crippen LogP contribution in [0.25, 0.3) is 0 Å². The highest BCUT2D eigenvalue weighted by Gasteiger charge is 2.20.